The molecule has 0 atom stereocenters. The molecule has 0 unspecified atom stereocenters. The number of aryl methyl sites for hydroxylation is 2. The van der Waals surface area contributed by atoms with Gasteiger partial charge in [0.1, 0.15) is 5.15 Å². The highest BCUT2D eigenvalue weighted by Gasteiger charge is 2.28. The molecule has 3 aromatic heterocycles. The van der Waals surface area contributed by atoms with Gasteiger partial charge in [-0.05, 0) is 50.2 Å². The van der Waals surface area contributed by atoms with Gasteiger partial charge in [0.25, 0.3) is 0 Å². The van der Waals surface area contributed by atoms with Crippen LogP contribution in [0.15, 0.2) is 48.7 Å². The fourth-order valence-electron chi connectivity index (χ4n) is 3.99. The predicted molar refractivity (Wildman–Crippen MR) is 114 cm³/mol. The largest absolute Gasteiger partial charge is 0.314 e. The van der Waals surface area contributed by atoms with E-state index in [4.69, 9.17) is 21.8 Å². The zero-order valence-corrected chi connectivity index (χ0v) is 17.1. The highest BCUT2D eigenvalue weighted by molar-refractivity contribution is 6.29. The van der Waals surface area contributed by atoms with Gasteiger partial charge in [-0.2, -0.15) is 10.2 Å². The number of halogens is 1. The molecule has 0 spiro atoms. The highest BCUT2D eigenvalue weighted by atomic mass is 35.5. The Labute approximate surface area is 174 Å². The van der Waals surface area contributed by atoms with Crippen LogP contribution in [-0.2, 0) is 19.5 Å². The average molecular weight is 405 g/mol. The molecule has 146 valence electrons. The summed E-state index contributed by atoms with van der Waals surface area (Å²) in [6, 6.07) is 14.3. The highest BCUT2D eigenvalue weighted by Crippen LogP contribution is 2.38. The summed E-state index contributed by atoms with van der Waals surface area (Å²) in [4.78, 5) is 4.27. The van der Waals surface area contributed by atoms with Gasteiger partial charge < -0.3 is 5.32 Å². The van der Waals surface area contributed by atoms with Gasteiger partial charge in [-0.15, -0.1) is 0 Å². The first-order chi connectivity index (χ1) is 14.2. The second kappa shape index (κ2) is 7.13. The normalized spacial score (nSPS) is 12.7. The number of pyridine rings is 1. The van der Waals surface area contributed by atoms with E-state index in [1.165, 1.54) is 11.1 Å². The molecule has 6 nitrogen and oxygen atoms in total. The Balaban J connectivity index is 1.77. The van der Waals surface area contributed by atoms with Crippen molar-refractivity contribution in [3.05, 3.63) is 70.6 Å². The fraction of sp³-hybridized carbons (Fsp3) is 0.227. The maximum Gasteiger partial charge on any atom is 0.129 e. The molecule has 1 aliphatic heterocycles. The van der Waals surface area contributed by atoms with E-state index in [9.17, 15) is 0 Å². The van der Waals surface area contributed by atoms with E-state index in [1.54, 1.807) is 6.20 Å². The van der Waals surface area contributed by atoms with Gasteiger partial charge in [0.05, 0.1) is 28.5 Å². The van der Waals surface area contributed by atoms with Crippen LogP contribution in [0, 0.1) is 6.92 Å². The Bertz CT molecular complexity index is 1190. The minimum atomic E-state index is 0.482. The summed E-state index contributed by atoms with van der Waals surface area (Å²) in [6.45, 7) is 3.68. The molecule has 0 bridgehead atoms. The first-order valence-electron chi connectivity index (χ1n) is 9.67. The van der Waals surface area contributed by atoms with Crippen LogP contribution in [0.25, 0.3) is 28.3 Å². The molecule has 0 aliphatic carbocycles. The Morgan fingerprint density at radius 1 is 1.14 bits per heavy atom. The quantitative estimate of drug-likeness (QED) is 0.521. The van der Waals surface area contributed by atoms with Crippen molar-refractivity contribution in [3.63, 3.8) is 0 Å². The lowest BCUT2D eigenvalue weighted by Gasteiger charge is -2.17. The van der Waals surface area contributed by atoms with Crippen molar-refractivity contribution >= 4 is 11.6 Å². The minimum Gasteiger partial charge on any atom is -0.314 e. The lowest BCUT2D eigenvalue weighted by atomic mass is 10.00. The number of nitrogens with zero attached hydrogens (tertiary/aromatic N) is 5. The topological polar surface area (TPSA) is 60.6 Å². The van der Waals surface area contributed by atoms with Crippen molar-refractivity contribution in [2.24, 2.45) is 0 Å². The first-order valence-corrected chi connectivity index (χ1v) is 10.0. The molecule has 1 aliphatic rings. The molecule has 7 heteroatoms. The summed E-state index contributed by atoms with van der Waals surface area (Å²) in [5.74, 6) is 0. The number of hydrogen-bond acceptors (Lipinski definition) is 4. The van der Waals surface area contributed by atoms with Crippen LogP contribution in [-0.4, -0.2) is 31.6 Å². The van der Waals surface area contributed by atoms with Gasteiger partial charge in [0, 0.05) is 30.4 Å². The average Bonchev–Trinajstić information content (AvgIpc) is 3.30. The van der Waals surface area contributed by atoms with E-state index >= 15 is 0 Å². The van der Waals surface area contributed by atoms with Crippen molar-refractivity contribution in [1.82, 2.24) is 29.9 Å². The van der Waals surface area contributed by atoms with Crippen LogP contribution in [0.4, 0.5) is 0 Å². The van der Waals surface area contributed by atoms with Crippen LogP contribution >= 0.6 is 11.6 Å². The smallest absolute Gasteiger partial charge is 0.129 e. The first kappa shape index (κ1) is 18.1. The molecule has 0 saturated heterocycles. The standard InChI is InChI=1S/C22H21ClN6/c1-14-5-3-4-6-18(14)29-22-17(21(27-29)15-7-8-20(23)25-12-15)9-10-28-19(22)11-16(26-28)13-24-2/h3-8,11-12,24H,9-10,13H2,1-2H3. The number of fused-ring (bicyclic) bond motifs is 3. The number of rotatable bonds is 4. The Morgan fingerprint density at radius 2 is 2.00 bits per heavy atom. The number of benzene rings is 1. The van der Waals surface area contributed by atoms with Crippen LogP contribution < -0.4 is 5.32 Å². The van der Waals surface area contributed by atoms with Crippen molar-refractivity contribution in [3.8, 4) is 28.3 Å². The van der Waals surface area contributed by atoms with Crippen LogP contribution in [0.3, 0.4) is 0 Å². The Kier molecular flexibility index (Phi) is 4.45. The molecule has 1 N–H and O–H groups in total. The van der Waals surface area contributed by atoms with E-state index in [-0.39, 0.29) is 0 Å². The van der Waals surface area contributed by atoms with Gasteiger partial charge >= 0.3 is 0 Å². The summed E-state index contributed by atoms with van der Waals surface area (Å²) < 4.78 is 4.15. The van der Waals surface area contributed by atoms with Crippen molar-refractivity contribution in [2.75, 3.05) is 7.05 Å². The summed E-state index contributed by atoms with van der Waals surface area (Å²) in [6.07, 6.45) is 2.67. The van der Waals surface area contributed by atoms with E-state index in [0.717, 1.165) is 53.5 Å². The molecule has 0 radical (unpaired) electrons. The van der Waals surface area contributed by atoms with Gasteiger partial charge in [-0.1, -0.05) is 29.8 Å². The maximum absolute atomic E-state index is 6.01. The molecule has 0 fully saturated rings. The van der Waals surface area contributed by atoms with Crippen LogP contribution in [0.2, 0.25) is 5.15 Å². The van der Waals surface area contributed by atoms with Gasteiger partial charge in [0.15, 0.2) is 0 Å². The zero-order chi connectivity index (χ0) is 20.0. The van der Waals surface area contributed by atoms with E-state index in [1.807, 2.05) is 31.3 Å². The lowest BCUT2D eigenvalue weighted by molar-refractivity contribution is 0.591. The van der Waals surface area contributed by atoms with E-state index < -0.39 is 0 Å². The molecule has 4 heterocycles. The molecule has 5 rings (SSSR count). The summed E-state index contributed by atoms with van der Waals surface area (Å²) in [5.41, 5.74) is 8.62. The molecular weight excluding hydrogens is 384 g/mol. The Morgan fingerprint density at radius 3 is 2.76 bits per heavy atom. The lowest BCUT2D eigenvalue weighted by Crippen LogP contribution is -2.14. The van der Waals surface area contributed by atoms with Gasteiger partial charge in [0.2, 0.25) is 0 Å². The fourth-order valence-corrected chi connectivity index (χ4v) is 4.10. The maximum atomic E-state index is 6.01. The molecular formula is C22H21ClN6. The summed E-state index contributed by atoms with van der Waals surface area (Å²) in [7, 11) is 1.94. The Hall–Kier alpha value is -2.96. The molecule has 29 heavy (non-hydrogen) atoms. The SMILES string of the molecule is CNCc1cc2n(n1)CCc1c(-c3ccc(Cl)nc3)nn(-c3ccccc3C)c1-2. The summed E-state index contributed by atoms with van der Waals surface area (Å²) >= 11 is 6.01. The molecule has 0 amide bonds. The number of para-hydroxylation sites is 1. The van der Waals surface area contributed by atoms with Gasteiger partial charge in [-0.3, -0.25) is 4.68 Å². The van der Waals surface area contributed by atoms with Crippen molar-refractivity contribution < 1.29 is 0 Å². The zero-order valence-electron chi connectivity index (χ0n) is 16.4. The second-order valence-electron chi connectivity index (χ2n) is 7.27. The predicted octanol–water partition coefficient (Wildman–Crippen LogP) is 4.04. The number of nitrogens with one attached hydrogen (secondary N) is 1. The van der Waals surface area contributed by atoms with E-state index in [2.05, 4.69) is 44.8 Å². The minimum absolute atomic E-state index is 0.482. The third kappa shape index (κ3) is 3.05. The summed E-state index contributed by atoms with van der Waals surface area (Å²) in [5, 5.41) is 13.5. The molecule has 1 aromatic carbocycles. The van der Waals surface area contributed by atoms with E-state index in [0.29, 0.717) is 5.15 Å². The third-order valence-electron chi connectivity index (χ3n) is 5.33. The van der Waals surface area contributed by atoms with Gasteiger partial charge in [-0.25, -0.2) is 9.67 Å². The van der Waals surface area contributed by atoms with Crippen molar-refractivity contribution in [2.45, 2.75) is 26.4 Å². The number of aromatic nitrogens is 5. The monoisotopic (exact) mass is 404 g/mol. The number of hydrogen-bond donors (Lipinski definition) is 1. The third-order valence-corrected chi connectivity index (χ3v) is 5.56. The van der Waals surface area contributed by atoms with Crippen LogP contribution in [0.5, 0.6) is 0 Å². The second-order valence-corrected chi connectivity index (χ2v) is 7.66. The molecule has 4 aromatic rings. The van der Waals surface area contributed by atoms with Crippen LogP contribution in [0.1, 0.15) is 16.8 Å². The molecule has 0 saturated carbocycles. The van der Waals surface area contributed by atoms with Crippen molar-refractivity contribution in [1.29, 1.82) is 0 Å².